The summed E-state index contributed by atoms with van der Waals surface area (Å²) in [6.07, 6.45) is 3.62. The van der Waals surface area contributed by atoms with Crippen LogP contribution in [0.3, 0.4) is 0 Å². The molecular weight excluding hydrogens is 204 g/mol. The average molecular weight is 220 g/mol. The Balaban J connectivity index is 2.57. The summed E-state index contributed by atoms with van der Waals surface area (Å²) in [5.74, 6) is 0.00129. The lowest BCUT2D eigenvalue weighted by atomic mass is 10.2. The summed E-state index contributed by atoms with van der Waals surface area (Å²) in [5.41, 5.74) is 0.970. The molecule has 0 amide bonds. The van der Waals surface area contributed by atoms with E-state index in [-0.39, 0.29) is 12.5 Å². The highest BCUT2D eigenvalue weighted by atomic mass is 16.5. The van der Waals surface area contributed by atoms with Gasteiger partial charge in [0.15, 0.2) is 0 Å². The van der Waals surface area contributed by atoms with Gasteiger partial charge in [0.25, 0.3) is 0 Å². The van der Waals surface area contributed by atoms with E-state index >= 15 is 0 Å². The SMILES string of the molecule is CC(C)Oc1ccc(/C=C/CC(=O)O)cc1. The summed E-state index contributed by atoms with van der Waals surface area (Å²) in [7, 11) is 0. The van der Waals surface area contributed by atoms with E-state index in [1.165, 1.54) is 0 Å². The number of carboxylic acids is 1. The Labute approximate surface area is 95.4 Å². The van der Waals surface area contributed by atoms with Crippen LogP contribution in [0.5, 0.6) is 5.75 Å². The highest BCUT2D eigenvalue weighted by molar-refractivity contribution is 5.70. The van der Waals surface area contributed by atoms with E-state index in [1.807, 2.05) is 38.1 Å². The molecule has 0 heterocycles. The van der Waals surface area contributed by atoms with Crippen molar-refractivity contribution in [2.24, 2.45) is 0 Å². The third-order valence-corrected chi connectivity index (χ3v) is 1.85. The minimum Gasteiger partial charge on any atom is -0.491 e. The van der Waals surface area contributed by atoms with E-state index in [0.717, 1.165) is 11.3 Å². The second kappa shape index (κ2) is 5.95. The minimum atomic E-state index is -0.823. The number of carbonyl (C=O) groups is 1. The molecule has 3 heteroatoms. The lowest BCUT2D eigenvalue weighted by Gasteiger charge is -2.09. The number of benzene rings is 1. The van der Waals surface area contributed by atoms with Gasteiger partial charge < -0.3 is 9.84 Å². The summed E-state index contributed by atoms with van der Waals surface area (Å²) in [6.45, 7) is 3.95. The van der Waals surface area contributed by atoms with E-state index in [2.05, 4.69) is 0 Å². The van der Waals surface area contributed by atoms with Crippen LogP contribution in [0.2, 0.25) is 0 Å². The molecule has 0 spiro atoms. The third-order valence-electron chi connectivity index (χ3n) is 1.85. The fraction of sp³-hybridized carbons (Fsp3) is 0.308. The van der Waals surface area contributed by atoms with Gasteiger partial charge in [0, 0.05) is 0 Å². The zero-order chi connectivity index (χ0) is 12.0. The van der Waals surface area contributed by atoms with Crippen LogP contribution in [0.4, 0.5) is 0 Å². The molecule has 0 bridgehead atoms. The molecule has 0 saturated carbocycles. The van der Waals surface area contributed by atoms with Crippen molar-refractivity contribution in [3.05, 3.63) is 35.9 Å². The zero-order valence-corrected chi connectivity index (χ0v) is 9.51. The van der Waals surface area contributed by atoms with Crippen LogP contribution in [0.1, 0.15) is 25.8 Å². The van der Waals surface area contributed by atoms with Crippen molar-refractivity contribution in [1.82, 2.24) is 0 Å². The maximum atomic E-state index is 10.3. The van der Waals surface area contributed by atoms with E-state index < -0.39 is 5.97 Å². The van der Waals surface area contributed by atoms with Crippen molar-refractivity contribution in [2.45, 2.75) is 26.4 Å². The molecular formula is C13H16O3. The van der Waals surface area contributed by atoms with Crippen molar-refractivity contribution in [3.8, 4) is 5.75 Å². The lowest BCUT2D eigenvalue weighted by molar-refractivity contribution is -0.135. The van der Waals surface area contributed by atoms with Gasteiger partial charge in [-0.05, 0) is 31.5 Å². The maximum Gasteiger partial charge on any atom is 0.307 e. The molecule has 1 rings (SSSR count). The summed E-state index contributed by atoms with van der Waals surface area (Å²) in [6, 6.07) is 7.55. The Bertz CT molecular complexity index is 363. The Hall–Kier alpha value is -1.77. The van der Waals surface area contributed by atoms with Crippen LogP contribution in [0, 0.1) is 0 Å². The van der Waals surface area contributed by atoms with Crippen molar-refractivity contribution >= 4 is 12.0 Å². The van der Waals surface area contributed by atoms with E-state index in [4.69, 9.17) is 9.84 Å². The number of carboxylic acid groups (broad SMARTS) is 1. The Morgan fingerprint density at radius 1 is 1.38 bits per heavy atom. The number of ether oxygens (including phenoxy) is 1. The van der Waals surface area contributed by atoms with Crippen molar-refractivity contribution in [2.75, 3.05) is 0 Å². The molecule has 0 saturated heterocycles. The van der Waals surface area contributed by atoms with Crippen LogP contribution >= 0.6 is 0 Å². The van der Waals surface area contributed by atoms with Crippen molar-refractivity contribution in [3.63, 3.8) is 0 Å². The molecule has 0 unspecified atom stereocenters. The molecule has 1 N–H and O–H groups in total. The van der Waals surface area contributed by atoms with Crippen molar-refractivity contribution < 1.29 is 14.6 Å². The predicted molar refractivity (Wildman–Crippen MR) is 63.5 cm³/mol. The first-order chi connectivity index (χ1) is 7.58. The van der Waals surface area contributed by atoms with Gasteiger partial charge in [0.1, 0.15) is 5.75 Å². The number of rotatable bonds is 5. The van der Waals surface area contributed by atoms with Gasteiger partial charge in [0.2, 0.25) is 0 Å². The second-order valence-corrected chi connectivity index (χ2v) is 3.74. The molecule has 0 aliphatic rings. The normalized spacial score (nSPS) is 10.9. The quantitative estimate of drug-likeness (QED) is 0.829. The van der Waals surface area contributed by atoms with Crippen LogP contribution in [-0.2, 0) is 4.79 Å². The maximum absolute atomic E-state index is 10.3. The standard InChI is InChI=1S/C13H16O3/c1-10(2)16-12-8-6-11(7-9-12)4-3-5-13(14)15/h3-4,6-10H,5H2,1-2H3,(H,14,15)/b4-3+. The first-order valence-corrected chi connectivity index (χ1v) is 5.23. The Morgan fingerprint density at radius 3 is 2.50 bits per heavy atom. The molecule has 16 heavy (non-hydrogen) atoms. The molecule has 1 aromatic rings. The highest BCUT2D eigenvalue weighted by Crippen LogP contribution is 2.14. The number of hydrogen-bond acceptors (Lipinski definition) is 2. The Morgan fingerprint density at radius 2 is 2.00 bits per heavy atom. The minimum absolute atomic E-state index is 0.0459. The van der Waals surface area contributed by atoms with Crippen LogP contribution in [0.15, 0.2) is 30.3 Å². The molecule has 0 fully saturated rings. The average Bonchev–Trinajstić information content (AvgIpc) is 2.19. The fourth-order valence-corrected chi connectivity index (χ4v) is 1.23. The molecule has 0 aliphatic carbocycles. The highest BCUT2D eigenvalue weighted by Gasteiger charge is 1.96. The van der Waals surface area contributed by atoms with Gasteiger partial charge in [-0.25, -0.2) is 0 Å². The molecule has 0 atom stereocenters. The first-order valence-electron chi connectivity index (χ1n) is 5.23. The summed E-state index contributed by atoms with van der Waals surface area (Å²) >= 11 is 0. The van der Waals surface area contributed by atoms with Gasteiger partial charge in [-0.1, -0.05) is 24.3 Å². The monoisotopic (exact) mass is 220 g/mol. The van der Waals surface area contributed by atoms with Gasteiger partial charge >= 0.3 is 5.97 Å². The molecule has 0 aromatic heterocycles. The topological polar surface area (TPSA) is 46.5 Å². The Kier molecular flexibility index (Phi) is 4.58. The van der Waals surface area contributed by atoms with Crippen molar-refractivity contribution in [1.29, 1.82) is 0 Å². The first kappa shape index (κ1) is 12.3. The van der Waals surface area contributed by atoms with Crippen LogP contribution < -0.4 is 4.74 Å². The van der Waals surface area contributed by atoms with E-state index in [0.29, 0.717) is 0 Å². The largest absolute Gasteiger partial charge is 0.491 e. The van der Waals surface area contributed by atoms with E-state index in [9.17, 15) is 4.79 Å². The molecule has 3 nitrogen and oxygen atoms in total. The summed E-state index contributed by atoms with van der Waals surface area (Å²) < 4.78 is 5.49. The van der Waals surface area contributed by atoms with Crippen LogP contribution in [-0.4, -0.2) is 17.2 Å². The third kappa shape index (κ3) is 4.64. The van der Waals surface area contributed by atoms with Gasteiger partial charge in [-0.3, -0.25) is 4.79 Å². The zero-order valence-electron chi connectivity index (χ0n) is 9.51. The van der Waals surface area contributed by atoms with E-state index in [1.54, 1.807) is 12.2 Å². The molecule has 1 aromatic carbocycles. The van der Waals surface area contributed by atoms with Crippen LogP contribution in [0.25, 0.3) is 6.08 Å². The van der Waals surface area contributed by atoms with Gasteiger partial charge in [0.05, 0.1) is 12.5 Å². The smallest absolute Gasteiger partial charge is 0.307 e. The number of aliphatic carboxylic acids is 1. The fourth-order valence-electron chi connectivity index (χ4n) is 1.23. The molecule has 0 aliphatic heterocycles. The molecule has 0 radical (unpaired) electrons. The van der Waals surface area contributed by atoms with Gasteiger partial charge in [-0.2, -0.15) is 0 Å². The second-order valence-electron chi connectivity index (χ2n) is 3.74. The summed E-state index contributed by atoms with van der Waals surface area (Å²) in [5, 5.41) is 8.46. The van der Waals surface area contributed by atoms with Gasteiger partial charge in [-0.15, -0.1) is 0 Å². The summed E-state index contributed by atoms with van der Waals surface area (Å²) in [4.78, 5) is 10.3. The molecule has 86 valence electrons. The number of hydrogen-bond donors (Lipinski definition) is 1. The lowest BCUT2D eigenvalue weighted by Crippen LogP contribution is -2.05. The predicted octanol–water partition coefficient (Wildman–Crippen LogP) is 2.96.